The molecule has 1 N–H and O–H groups in total. The molecular formula is C16H17N5O3S2. The van der Waals surface area contributed by atoms with Crippen molar-refractivity contribution in [2.24, 2.45) is 0 Å². The third-order valence-corrected chi connectivity index (χ3v) is 7.63. The standard InChI is InChI=1S/C16H17N5O3S2/c1-16(2,26(23,24)21-7-4-8-21)14(22)20-15-19-13(12(9-17)25-15)11-5-3-6-18-10-11/h3,5-6,10H,4,7-8H2,1-2H3,(H,19,20,22). The largest absolute Gasteiger partial charge is 0.301 e. The second-order valence-electron chi connectivity index (χ2n) is 6.27. The van der Waals surface area contributed by atoms with E-state index in [9.17, 15) is 18.5 Å². The first-order valence-electron chi connectivity index (χ1n) is 7.90. The summed E-state index contributed by atoms with van der Waals surface area (Å²) in [6, 6.07) is 5.52. The average molecular weight is 391 g/mol. The molecule has 0 saturated carbocycles. The molecule has 0 atom stereocenters. The zero-order valence-corrected chi connectivity index (χ0v) is 15.9. The molecule has 2 aromatic rings. The van der Waals surface area contributed by atoms with Crippen molar-refractivity contribution in [1.29, 1.82) is 5.26 Å². The number of nitrogens with zero attached hydrogens (tertiary/aromatic N) is 4. The Hall–Kier alpha value is -2.35. The molecule has 0 spiro atoms. The van der Waals surface area contributed by atoms with Crippen LogP contribution in [0.25, 0.3) is 11.3 Å². The van der Waals surface area contributed by atoms with Crippen LogP contribution in [-0.4, -0.2) is 46.4 Å². The van der Waals surface area contributed by atoms with Crippen molar-refractivity contribution in [3.05, 3.63) is 29.4 Å². The van der Waals surface area contributed by atoms with Gasteiger partial charge < -0.3 is 5.32 Å². The van der Waals surface area contributed by atoms with Gasteiger partial charge in [-0.15, -0.1) is 0 Å². The molecule has 3 heterocycles. The smallest absolute Gasteiger partial charge is 0.248 e. The summed E-state index contributed by atoms with van der Waals surface area (Å²) in [6.07, 6.45) is 3.97. The number of aromatic nitrogens is 2. The summed E-state index contributed by atoms with van der Waals surface area (Å²) in [5.74, 6) is -0.680. The zero-order chi connectivity index (χ0) is 18.9. The van der Waals surface area contributed by atoms with E-state index < -0.39 is 20.7 Å². The van der Waals surface area contributed by atoms with Crippen LogP contribution in [0.2, 0.25) is 0 Å². The predicted octanol–water partition coefficient (Wildman–Crippen LogP) is 1.83. The Morgan fingerprint density at radius 2 is 2.15 bits per heavy atom. The number of carbonyl (C=O) groups excluding carboxylic acids is 1. The van der Waals surface area contributed by atoms with Crippen LogP contribution in [-0.2, 0) is 14.8 Å². The number of nitriles is 1. The number of thiazole rings is 1. The predicted molar refractivity (Wildman–Crippen MR) is 97.9 cm³/mol. The molecule has 136 valence electrons. The second kappa shape index (κ2) is 6.75. The molecule has 0 unspecified atom stereocenters. The lowest BCUT2D eigenvalue weighted by atomic mass is 10.2. The van der Waals surface area contributed by atoms with Crippen molar-refractivity contribution in [2.45, 2.75) is 25.0 Å². The van der Waals surface area contributed by atoms with Gasteiger partial charge in [-0.05, 0) is 32.4 Å². The fraction of sp³-hybridized carbons (Fsp3) is 0.375. The van der Waals surface area contributed by atoms with Gasteiger partial charge in [-0.1, -0.05) is 11.3 Å². The number of hydrogen-bond donors (Lipinski definition) is 1. The monoisotopic (exact) mass is 391 g/mol. The minimum absolute atomic E-state index is 0.178. The highest BCUT2D eigenvalue weighted by Crippen LogP contribution is 2.32. The first-order valence-corrected chi connectivity index (χ1v) is 10.2. The molecule has 1 fully saturated rings. The van der Waals surface area contributed by atoms with E-state index in [1.54, 1.807) is 24.5 Å². The number of nitrogens with one attached hydrogen (secondary N) is 1. The molecule has 26 heavy (non-hydrogen) atoms. The van der Waals surface area contributed by atoms with Gasteiger partial charge in [-0.2, -0.15) is 5.26 Å². The van der Waals surface area contributed by atoms with E-state index in [0.29, 0.717) is 29.2 Å². The molecule has 2 aromatic heterocycles. The highest BCUT2D eigenvalue weighted by molar-refractivity contribution is 7.91. The van der Waals surface area contributed by atoms with Gasteiger partial charge >= 0.3 is 0 Å². The highest BCUT2D eigenvalue weighted by atomic mass is 32.2. The lowest BCUT2D eigenvalue weighted by Crippen LogP contribution is -2.55. The van der Waals surface area contributed by atoms with Crippen molar-refractivity contribution in [1.82, 2.24) is 14.3 Å². The summed E-state index contributed by atoms with van der Waals surface area (Å²) in [7, 11) is -3.76. The Bertz CT molecular complexity index is 973. The first kappa shape index (κ1) is 18.4. The molecular weight excluding hydrogens is 374 g/mol. The molecule has 10 heteroatoms. The molecule has 0 bridgehead atoms. The van der Waals surface area contributed by atoms with Crippen LogP contribution >= 0.6 is 11.3 Å². The minimum Gasteiger partial charge on any atom is -0.301 e. The Morgan fingerprint density at radius 1 is 1.42 bits per heavy atom. The molecule has 0 aliphatic carbocycles. The first-order chi connectivity index (χ1) is 12.3. The van der Waals surface area contributed by atoms with Crippen molar-refractivity contribution in [3.63, 3.8) is 0 Å². The number of sulfonamides is 1. The van der Waals surface area contributed by atoms with Gasteiger partial charge in [0.25, 0.3) is 0 Å². The fourth-order valence-electron chi connectivity index (χ4n) is 2.36. The quantitative estimate of drug-likeness (QED) is 0.831. The highest BCUT2D eigenvalue weighted by Gasteiger charge is 2.47. The van der Waals surface area contributed by atoms with E-state index in [-0.39, 0.29) is 5.13 Å². The van der Waals surface area contributed by atoms with Gasteiger partial charge in [0.15, 0.2) is 9.88 Å². The Labute approximate surface area is 155 Å². The van der Waals surface area contributed by atoms with Crippen molar-refractivity contribution >= 4 is 32.4 Å². The summed E-state index contributed by atoms with van der Waals surface area (Å²) in [6.45, 7) is 3.60. The van der Waals surface area contributed by atoms with Crippen LogP contribution < -0.4 is 5.32 Å². The van der Waals surface area contributed by atoms with Crippen molar-refractivity contribution in [2.75, 3.05) is 18.4 Å². The molecule has 8 nitrogen and oxygen atoms in total. The van der Waals surface area contributed by atoms with Gasteiger partial charge in [-0.3, -0.25) is 9.78 Å². The van der Waals surface area contributed by atoms with Crippen LogP contribution in [0.4, 0.5) is 5.13 Å². The van der Waals surface area contributed by atoms with Crippen LogP contribution in [0.15, 0.2) is 24.5 Å². The molecule has 1 aliphatic rings. The average Bonchev–Trinajstić information content (AvgIpc) is 2.96. The maximum atomic E-state index is 12.6. The Balaban J connectivity index is 1.86. The van der Waals surface area contributed by atoms with Gasteiger partial charge in [0, 0.05) is 31.0 Å². The summed E-state index contributed by atoms with van der Waals surface area (Å²) < 4.78 is 24.9. The number of carbonyl (C=O) groups is 1. The molecule has 1 saturated heterocycles. The lowest BCUT2D eigenvalue weighted by molar-refractivity contribution is -0.118. The summed E-state index contributed by atoms with van der Waals surface area (Å²) in [4.78, 5) is 21.2. The number of hydrogen-bond acceptors (Lipinski definition) is 7. The number of rotatable bonds is 5. The van der Waals surface area contributed by atoms with Crippen molar-refractivity contribution < 1.29 is 13.2 Å². The van der Waals surface area contributed by atoms with Crippen LogP contribution in [0, 0.1) is 11.3 Å². The van der Waals surface area contributed by atoms with Gasteiger partial charge in [0.1, 0.15) is 16.6 Å². The Morgan fingerprint density at radius 3 is 2.69 bits per heavy atom. The van der Waals surface area contributed by atoms with Crippen LogP contribution in [0.3, 0.4) is 0 Å². The van der Waals surface area contributed by atoms with E-state index in [0.717, 1.165) is 17.8 Å². The third kappa shape index (κ3) is 3.09. The van der Waals surface area contributed by atoms with Gasteiger partial charge in [0.05, 0.1) is 0 Å². The number of anilines is 1. The fourth-order valence-corrected chi connectivity index (χ4v) is 4.81. The zero-order valence-electron chi connectivity index (χ0n) is 14.3. The van der Waals surface area contributed by atoms with Crippen LogP contribution in [0.1, 0.15) is 25.1 Å². The maximum Gasteiger partial charge on any atom is 0.248 e. The summed E-state index contributed by atoms with van der Waals surface area (Å²) in [5, 5.41) is 12.0. The summed E-state index contributed by atoms with van der Waals surface area (Å²) in [5.41, 5.74) is 1.05. The van der Waals surface area contributed by atoms with E-state index in [2.05, 4.69) is 15.3 Å². The SMILES string of the molecule is CC(C)(C(=O)Nc1nc(-c2cccnc2)c(C#N)s1)S(=O)(=O)N1CCC1. The topological polar surface area (TPSA) is 116 Å². The lowest BCUT2D eigenvalue weighted by Gasteiger charge is -2.36. The van der Waals surface area contributed by atoms with E-state index >= 15 is 0 Å². The van der Waals surface area contributed by atoms with Gasteiger partial charge in [0.2, 0.25) is 15.9 Å². The third-order valence-electron chi connectivity index (χ3n) is 4.23. The number of amides is 1. The van der Waals surface area contributed by atoms with Gasteiger partial charge in [-0.25, -0.2) is 17.7 Å². The van der Waals surface area contributed by atoms with E-state index in [4.69, 9.17) is 0 Å². The normalized spacial score (nSPS) is 15.1. The second-order valence-corrected chi connectivity index (χ2v) is 9.76. The minimum atomic E-state index is -3.76. The molecule has 0 aromatic carbocycles. The number of pyridine rings is 1. The van der Waals surface area contributed by atoms with E-state index in [1.165, 1.54) is 18.2 Å². The molecule has 0 radical (unpaired) electrons. The molecule has 1 amide bonds. The summed E-state index contributed by atoms with van der Waals surface area (Å²) >= 11 is 0.997. The molecule has 1 aliphatic heterocycles. The van der Waals surface area contributed by atoms with Crippen molar-refractivity contribution in [3.8, 4) is 17.3 Å². The van der Waals surface area contributed by atoms with E-state index in [1.807, 2.05) is 6.07 Å². The Kier molecular flexibility index (Phi) is 4.79. The maximum absolute atomic E-state index is 12.6. The molecule has 3 rings (SSSR count). The van der Waals surface area contributed by atoms with Crippen LogP contribution in [0.5, 0.6) is 0 Å².